The summed E-state index contributed by atoms with van der Waals surface area (Å²) in [5.74, 6) is 0.365. The summed E-state index contributed by atoms with van der Waals surface area (Å²) in [7, 11) is 0. The van der Waals surface area contributed by atoms with Gasteiger partial charge in [-0.3, -0.25) is 4.79 Å². The number of amides is 1. The highest BCUT2D eigenvalue weighted by Gasteiger charge is 2.33. The van der Waals surface area contributed by atoms with Crippen LogP contribution in [0, 0.1) is 0 Å². The fraction of sp³-hybridized carbons (Fsp3) is 0.105. The molecule has 4 rings (SSSR count). The minimum absolute atomic E-state index is 0.238. The number of para-hydroxylation sites is 1. The molecule has 0 unspecified atom stereocenters. The molecule has 2 N–H and O–H groups in total. The summed E-state index contributed by atoms with van der Waals surface area (Å²) in [6, 6.07) is 16.5. The summed E-state index contributed by atoms with van der Waals surface area (Å²) in [6.07, 6.45) is 1.47. The first-order chi connectivity index (χ1) is 12.6. The quantitative estimate of drug-likeness (QED) is 0.739. The molecule has 0 saturated carbocycles. The van der Waals surface area contributed by atoms with Gasteiger partial charge < -0.3 is 10.6 Å². The number of fused-ring (bicyclic) bond motifs is 1. The van der Waals surface area contributed by atoms with Gasteiger partial charge in [0.05, 0.1) is 16.3 Å². The van der Waals surface area contributed by atoms with Crippen molar-refractivity contribution in [1.82, 2.24) is 14.8 Å². The molecule has 1 amide bonds. The van der Waals surface area contributed by atoms with Crippen LogP contribution in [0.4, 0.5) is 11.6 Å². The molecule has 0 aliphatic carbocycles. The van der Waals surface area contributed by atoms with E-state index in [2.05, 4.69) is 20.7 Å². The van der Waals surface area contributed by atoms with Crippen molar-refractivity contribution in [3.8, 4) is 0 Å². The van der Waals surface area contributed by atoms with Crippen LogP contribution in [-0.4, -0.2) is 20.7 Å². The van der Waals surface area contributed by atoms with Gasteiger partial charge in [-0.25, -0.2) is 4.68 Å². The number of halogens is 1. The average molecular weight is 366 g/mol. The van der Waals surface area contributed by atoms with E-state index in [1.165, 1.54) is 6.33 Å². The number of rotatable bonds is 3. The Kier molecular flexibility index (Phi) is 4.18. The molecule has 1 atom stereocenters. The molecule has 1 aromatic heterocycles. The van der Waals surface area contributed by atoms with Gasteiger partial charge in [0.15, 0.2) is 0 Å². The molecule has 1 aliphatic heterocycles. The summed E-state index contributed by atoms with van der Waals surface area (Å²) in [4.78, 5) is 17.3. The van der Waals surface area contributed by atoms with Gasteiger partial charge in [-0.2, -0.15) is 10.1 Å². The fourth-order valence-corrected chi connectivity index (χ4v) is 3.26. The molecule has 7 heteroatoms. The van der Waals surface area contributed by atoms with Crippen molar-refractivity contribution in [1.29, 1.82) is 0 Å². The van der Waals surface area contributed by atoms with Gasteiger partial charge in [0.2, 0.25) is 5.95 Å². The van der Waals surface area contributed by atoms with Crippen LogP contribution < -0.4 is 10.6 Å². The van der Waals surface area contributed by atoms with E-state index in [1.54, 1.807) is 16.8 Å². The third-order valence-electron chi connectivity index (χ3n) is 4.28. The lowest BCUT2D eigenvalue weighted by molar-refractivity contribution is -0.113. The lowest BCUT2D eigenvalue weighted by Gasteiger charge is -2.28. The summed E-state index contributed by atoms with van der Waals surface area (Å²) in [5.41, 5.74) is 2.80. The number of aromatic nitrogens is 3. The predicted molar refractivity (Wildman–Crippen MR) is 101 cm³/mol. The van der Waals surface area contributed by atoms with Gasteiger partial charge in [0.1, 0.15) is 12.4 Å². The third kappa shape index (κ3) is 2.84. The maximum atomic E-state index is 13.1. The zero-order chi connectivity index (χ0) is 18.1. The highest BCUT2D eigenvalue weighted by atomic mass is 35.5. The van der Waals surface area contributed by atoms with Gasteiger partial charge in [-0.15, -0.1) is 0 Å². The Morgan fingerprint density at radius 2 is 1.88 bits per heavy atom. The summed E-state index contributed by atoms with van der Waals surface area (Å²) in [5, 5.41) is 10.8. The van der Waals surface area contributed by atoms with Crippen LogP contribution in [0.1, 0.15) is 18.5 Å². The number of benzene rings is 2. The number of nitrogens with one attached hydrogen (secondary N) is 2. The molecule has 130 valence electrons. The minimum Gasteiger partial charge on any atom is -0.328 e. The Hall–Kier alpha value is -3.12. The number of carbonyl (C=O) groups is 1. The molecule has 6 nitrogen and oxygen atoms in total. The van der Waals surface area contributed by atoms with E-state index in [9.17, 15) is 4.79 Å². The van der Waals surface area contributed by atoms with Crippen molar-refractivity contribution >= 4 is 29.1 Å². The smallest absolute Gasteiger partial charge is 0.255 e. The van der Waals surface area contributed by atoms with E-state index >= 15 is 0 Å². The van der Waals surface area contributed by atoms with E-state index in [-0.39, 0.29) is 11.9 Å². The molecule has 0 spiro atoms. The molecule has 0 saturated heterocycles. The zero-order valence-electron chi connectivity index (χ0n) is 14.0. The lowest BCUT2D eigenvalue weighted by atomic mass is 9.95. The topological polar surface area (TPSA) is 71.8 Å². The van der Waals surface area contributed by atoms with Crippen molar-refractivity contribution in [2.24, 2.45) is 0 Å². The highest BCUT2D eigenvalue weighted by Crippen LogP contribution is 2.35. The highest BCUT2D eigenvalue weighted by molar-refractivity contribution is 6.33. The van der Waals surface area contributed by atoms with Gasteiger partial charge >= 0.3 is 0 Å². The SMILES string of the molecule is CC1=C(C(=O)Nc2ccccc2Cl)[C@H](c2ccccc2)n2ncnc2N1. The fourth-order valence-electron chi connectivity index (χ4n) is 3.08. The summed E-state index contributed by atoms with van der Waals surface area (Å²) < 4.78 is 1.71. The Morgan fingerprint density at radius 3 is 2.65 bits per heavy atom. The molecule has 0 bridgehead atoms. The Labute approximate surface area is 155 Å². The maximum Gasteiger partial charge on any atom is 0.255 e. The normalized spacial score (nSPS) is 16.0. The van der Waals surface area contributed by atoms with Crippen molar-refractivity contribution < 1.29 is 4.79 Å². The van der Waals surface area contributed by atoms with Crippen LogP contribution in [0.3, 0.4) is 0 Å². The van der Waals surface area contributed by atoms with Crippen molar-refractivity contribution in [2.45, 2.75) is 13.0 Å². The standard InChI is InChI=1S/C19H16ClN5O/c1-12-16(18(26)24-15-10-6-5-9-14(15)20)17(13-7-3-2-4-8-13)25-19(23-12)21-11-22-25/h2-11,17H,1H3,(H,24,26)(H,21,22,23)/t17-/m0/s1. The lowest BCUT2D eigenvalue weighted by Crippen LogP contribution is -2.31. The molecule has 3 aromatic rings. The van der Waals surface area contributed by atoms with E-state index in [1.807, 2.05) is 49.4 Å². The number of nitrogens with zero attached hydrogens (tertiary/aromatic N) is 3. The van der Waals surface area contributed by atoms with Gasteiger partial charge in [-0.05, 0) is 24.6 Å². The molecule has 1 aliphatic rings. The van der Waals surface area contributed by atoms with Crippen molar-refractivity contribution in [3.63, 3.8) is 0 Å². The molecule has 0 fully saturated rings. The van der Waals surface area contributed by atoms with Crippen LogP contribution in [-0.2, 0) is 4.79 Å². The van der Waals surface area contributed by atoms with Gasteiger partial charge in [0, 0.05) is 5.70 Å². The first-order valence-corrected chi connectivity index (χ1v) is 8.51. The largest absolute Gasteiger partial charge is 0.328 e. The third-order valence-corrected chi connectivity index (χ3v) is 4.61. The number of allylic oxidation sites excluding steroid dienone is 1. The monoisotopic (exact) mass is 365 g/mol. The van der Waals surface area contributed by atoms with Crippen LogP contribution in [0.15, 0.2) is 72.2 Å². The van der Waals surface area contributed by atoms with Crippen molar-refractivity contribution in [2.75, 3.05) is 10.6 Å². The molecule has 2 aromatic carbocycles. The second kappa shape index (κ2) is 6.65. The van der Waals surface area contributed by atoms with Crippen LogP contribution in [0.5, 0.6) is 0 Å². The second-order valence-electron chi connectivity index (χ2n) is 5.94. The zero-order valence-corrected chi connectivity index (χ0v) is 14.7. The van der Waals surface area contributed by atoms with Crippen LogP contribution in [0.25, 0.3) is 0 Å². The van der Waals surface area contributed by atoms with Gasteiger partial charge in [-0.1, -0.05) is 54.1 Å². The van der Waals surface area contributed by atoms with Crippen molar-refractivity contribution in [3.05, 3.63) is 82.8 Å². The first kappa shape index (κ1) is 16.4. The number of hydrogen-bond acceptors (Lipinski definition) is 4. The average Bonchev–Trinajstić information content (AvgIpc) is 3.11. The Bertz CT molecular complexity index is 996. The minimum atomic E-state index is -0.377. The molecule has 26 heavy (non-hydrogen) atoms. The van der Waals surface area contributed by atoms with Gasteiger partial charge in [0.25, 0.3) is 5.91 Å². The van der Waals surface area contributed by atoms with E-state index in [0.717, 1.165) is 11.3 Å². The van der Waals surface area contributed by atoms with Crippen LogP contribution in [0.2, 0.25) is 5.02 Å². The van der Waals surface area contributed by atoms with Crippen LogP contribution >= 0.6 is 11.6 Å². The molecule has 2 heterocycles. The molecule has 0 radical (unpaired) electrons. The predicted octanol–water partition coefficient (Wildman–Crippen LogP) is 3.86. The summed E-state index contributed by atoms with van der Waals surface area (Å²) in [6.45, 7) is 1.86. The first-order valence-electron chi connectivity index (χ1n) is 8.13. The maximum absolute atomic E-state index is 13.1. The Balaban J connectivity index is 1.77. The molecular weight excluding hydrogens is 350 g/mol. The number of anilines is 2. The Morgan fingerprint density at radius 1 is 1.15 bits per heavy atom. The van der Waals surface area contributed by atoms with E-state index in [4.69, 9.17) is 11.6 Å². The number of hydrogen-bond donors (Lipinski definition) is 2. The van der Waals surface area contributed by atoms with E-state index < -0.39 is 0 Å². The summed E-state index contributed by atoms with van der Waals surface area (Å²) >= 11 is 6.19. The van der Waals surface area contributed by atoms with E-state index in [0.29, 0.717) is 22.2 Å². The number of carbonyl (C=O) groups excluding carboxylic acids is 1. The molecular formula is C19H16ClN5O. The second-order valence-corrected chi connectivity index (χ2v) is 6.35.